The average molecular weight is 483 g/mol. The number of likely N-dealkylation sites (tertiary alicyclic amines) is 1. The van der Waals surface area contributed by atoms with Crippen LogP contribution in [-0.2, 0) is 21.4 Å². The maximum atomic E-state index is 11.5. The van der Waals surface area contributed by atoms with E-state index in [0.717, 1.165) is 66.5 Å². The molecule has 3 heterocycles. The molecule has 9 nitrogen and oxygen atoms in total. The minimum Gasteiger partial charge on any atom is -0.383 e. The standard InChI is InChI=1S/C24H30N6O3S/c1-15(31)19-11-29(12-19)10-17-7-20(8-17)30-13-21(22-23(25)26-14-27-24(22)30)18-5-3-4-16(6-18)9-28-34(2,32)33/h3-6,13-14,17,19-20,28H,7-12H2,1-2H3,(H2,25,26,27). The molecular weight excluding hydrogens is 452 g/mol. The van der Waals surface area contributed by atoms with Gasteiger partial charge in [0.05, 0.1) is 11.6 Å². The Morgan fingerprint density at radius 2 is 2.00 bits per heavy atom. The second-order valence-electron chi connectivity index (χ2n) is 9.72. The fourth-order valence-corrected chi connectivity index (χ4v) is 5.52. The number of benzene rings is 1. The van der Waals surface area contributed by atoms with Crippen molar-refractivity contribution in [1.29, 1.82) is 0 Å². The van der Waals surface area contributed by atoms with Gasteiger partial charge in [-0.25, -0.2) is 23.1 Å². The molecule has 2 fully saturated rings. The number of aromatic nitrogens is 3. The van der Waals surface area contributed by atoms with Gasteiger partial charge < -0.3 is 15.2 Å². The zero-order valence-corrected chi connectivity index (χ0v) is 20.3. The quantitative estimate of drug-likeness (QED) is 0.504. The third kappa shape index (κ3) is 4.57. The fraction of sp³-hybridized carbons (Fsp3) is 0.458. The number of anilines is 1. The summed E-state index contributed by atoms with van der Waals surface area (Å²) in [4.78, 5) is 22.6. The summed E-state index contributed by atoms with van der Waals surface area (Å²) in [5.74, 6) is 1.56. The van der Waals surface area contributed by atoms with Crippen molar-refractivity contribution in [1.82, 2.24) is 24.2 Å². The van der Waals surface area contributed by atoms with Gasteiger partial charge in [-0.15, -0.1) is 0 Å². The van der Waals surface area contributed by atoms with E-state index in [1.807, 2.05) is 24.3 Å². The van der Waals surface area contributed by atoms with E-state index in [1.165, 1.54) is 6.33 Å². The van der Waals surface area contributed by atoms with E-state index in [2.05, 4.69) is 30.4 Å². The maximum Gasteiger partial charge on any atom is 0.209 e. The summed E-state index contributed by atoms with van der Waals surface area (Å²) in [6, 6.07) is 8.12. The number of nitrogens with zero attached hydrogens (tertiary/aromatic N) is 4. The van der Waals surface area contributed by atoms with Gasteiger partial charge in [0.25, 0.3) is 0 Å². The Bertz CT molecular complexity index is 1340. The summed E-state index contributed by atoms with van der Waals surface area (Å²) in [6.07, 6.45) is 6.88. The summed E-state index contributed by atoms with van der Waals surface area (Å²) >= 11 is 0. The number of hydrogen-bond acceptors (Lipinski definition) is 7. The van der Waals surface area contributed by atoms with Crippen molar-refractivity contribution in [2.24, 2.45) is 11.8 Å². The van der Waals surface area contributed by atoms with Gasteiger partial charge in [0, 0.05) is 49.9 Å². The molecule has 0 radical (unpaired) electrons. The Balaban J connectivity index is 1.36. The number of carbonyl (C=O) groups excluding carboxylic acids is 1. The normalized spacial score (nSPS) is 21.4. The van der Waals surface area contributed by atoms with Gasteiger partial charge in [-0.05, 0) is 42.9 Å². The molecule has 1 saturated heterocycles. The lowest BCUT2D eigenvalue weighted by atomic mass is 9.78. The highest BCUT2D eigenvalue weighted by atomic mass is 32.2. The maximum absolute atomic E-state index is 11.5. The molecule has 0 bridgehead atoms. The lowest BCUT2D eigenvalue weighted by molar-refractivity contribution is -0.126. The van der Waals surface area contributed by atoms with Gasteiger partial charge in [0.15, 0.2) is 0 Å². The van der Waals surface area contributed by atoms with E-state index in [4.69, 9.17) is 5.73 Å². The first kappa shape index (κ1) is 22.9. The number of sulfonamides is 1. The van der Waals surface area contributed by atoms with E-state index in [9.17, 15) is 13.2 Å². The predicted octanol–water partition coefficient (Wildman–Crippen LogP) is 2.20. The molecule has 1 saturated carbocycles. The fourth-order valence-electron chi connectivity index (χ4n) is 5.09. The van der Waals surface area contributed by atoms with Crippen molar-refractivity contribution in [3.63, 3.8) is 0 Å². The highest BCUT2D eigenvalue weighted by molar-refractivity contribution is 7.88. The third-order valence-corrected chi connectivity index (χ3v) is 7.74. The van der Waals surface area contributed by atoms with Crippen LogP contribution in [0.2, 0.25) is 0 Å². The first-order valence-corrected chi connectivity index (χ1v) is 13.4. The molecule has 1 aliphatic heterocycles. The van der Waals surface area contributed by atoms with E-state index >= 15 is 0 Å². The SMILES string of the molecule is CC(=O)C1CN(CC2CC(n3cc(-c4cccc(CNS(C)(=O)=O)c4)c4c(N)ncnc43)C2)C1. The monoisotopic (exact) mass is 482 g/mol. The number of carbonyl (C=O) groups is 1. The summed E-state index contributed by atoms with van der Waals surface area (Å²) in [5, 5.41) is 0.825. The minimum absolute atomic E-state index is 0.217. The zero-order valence-electron chi connectivity index (χ0n) is 19.4. The first-order valence-electron chi connectivity index (χ1n) is 11.6. The number of rotatable bonds is 8. The molecule has 3 aromatic rings. The van der Waals surface area contributed by atoms with Gasteiger partial charge >= 0.3 is 0 Å². The van der Waals surface area contributed by atoms with Crippen molar-refractivity contribution in [3.8, 4) is 11.1 Å². The number of Topliss-reactive ketones (excluding diaryl/α,β-unsaturated/α-hetero) is 1. The molecule has 2 aromatic heterocycles. The lowest BCUT2D eigenvalue weighted by Gasteiger charge is -2.44. The molecule has 0 amide bonds. The van der Waals surface area contributed by atoms with E-state index in [-0.39, 0.29) is 12.5 Å². The smallest absolute Gasteiger partial charge is 0.209 e. The third-order valence-electron chi connectivity index (χ3n) is 7.07. The van der Waals surface area contributed by atoms with E-state index < -0.39 is 10.0 Å². The summed E-state index contributed by atoms with van der Waals surface area (Å²) in [7, 11) is -3.28. The van der Waals surface area contributed by atoms with Crippen molar-refractivity contribution in [2.75, 3.05) is 31.6 Å². The summed E-state index contributed by atoms with van der Waals surface area (Å²) in [5.41, 5.74) is 9.87. The van der Waals surface area contributed by atoms with Crippen molar-refractivity contribution in [2.45, 2.75) is 32.4 Å². The molecule has 3 N–H and O–H groups in total. The number of fused-ring (bicyclic) bond motifs is 1. The van der Waals surface area contributed by atoms with Gasteiger partial charge in [-0.1, -0.05) is 18.2 Å². The Morgan fingerprint density at radius 1 is 1.24 bits per heavy atom. The van der Waals surface area contributed by atoms with E-state index in [1.54, 1.807) is 6.92 Å². The van der Waals surface area contributed by atoms with Crippen LogP contribution in [-0.4, -0.2) is 59.5 Å². The molecule has 10 heteroatoms. The molecule has 1 aromatic carbocycles. The summed E-state index contributed by atoms with van der Waals surface area (Å²) in [6.45, 7) is 4.73. The van der Waals surface area contributed by atoms with Gasteiger partial charge in [-0.3, -0.25) is 4.79 Å². The highest BCUT2D eigenvalue weighted by Gasteiger charge is 2.37. The molecule has 2 aliphatic rings. The topological polar surface area (TPSA) is 123 Å². The Morgan fingerprint density at radius 3 is 2.71 bits per heavy atom. The van der Waals surface area contributed by atoms with Crippen LogP contribution < -0.4 is 10.5 Å². The number of nitrogens with one attached hydrogen (secondary N) is 1. The zero-order chi connectivity index (χ0) is 24.0. The number of ketones is 1. The molecule has 0 unspecified atom stereocenters. The van der Waals surface area contributed by atoms with Crippen LogP contribution in [0.3, 0.4) is 0 Å². The molecule has 5 rings (SSSR count). The van der Waals surface area contributed by atoms with Crippen LogP contribution in [0, 0.1) is 11.8 Å². The molecule has 1 aliphatic carbocycles. The Labute approximate surface area is 199 Å². The van der Waals surface area contributed by atoms with Crippen LogP contribution in [0.15, 0.2) is 36.8 Å². The molecule has 0 atom stereocenters. The predicted molar refractivity (Wildman–Crippen MR) is 131 cm³/mol. The van der Waals surface area contributed by atoms with Gasteiger partial charge in [0.2, 0.25) is 10.0 Å². The Kier molecular flexibility index (Phi) is 5.91. The number of nitrogen functional groups attached to an aromatic ring is 1. The molecule has 180 valence electrons. The van der Waals surface area contributed by atoms with Crippen molar-refractivity contribution >= 4 is 32.7 Å². The number of nitrogens with two attached hydrogens (primary N) is 1. The highest BCUT2D eigenvalue weighted by Crippen LogP contribution is 2.43. The average Bonchev–Trinajstić information content (AvgIpc) is 3.10. The van der Waals surface area contributed by atoms with Crippen LogP contribution in [0.4, 0.5) is 5.82 Å². The van der Waals surface area contributed by atoms with Gasteiger partial charge in [0.1, 0.15) is 23.6 Å². The number of hydrogen-bond donors (Lipinski definition) is 2. The van der Waals surface area contributed by atoms with Crippen LogP contribution in [0.5, 0.6) is 0 Å². The van der Waals surface area contributed by atoms with Crippen LogP contribution >= 0.6 is 0 Å². The van der Waals surface area contributed by atoms with Gasteiger partial charge in [-0.2, -0.15) is 0 Å². The molecular formula is C24H30N6O3S. The minimum atomic E-state index is -3.28. The summed E-state index contributed by atoms with van der Waals surface area (Å²) < 4.78 is 27.7. The van der Waals surface area contributed by atoms with Crippen LogP contribution in [0.25, 0.3) is 22.2 Å². The molecule has 34 heavy (non-hydrogen) atoms. The van der Waals surface area contributed by atoms with Crippen LogP contribution in [0.1, 0.15) is 31.4 Å². The van der Waals surface area contributed by atoms with E-state index in [0.29, 0.717) is 23.6 Å². The lowest BCUT2D eigenvalue weighted by Crippen LogP contribution is -2.52. The molecule has 0 spiro atoms. The second kappa shape index (κ2) is 8.75. The largest absolute Gasteiger partial charge is 0.383 e. The first-order chi connectivity index (χ1) is 16.2. The van der Waals surface area contributed by atoms with Crippen molar-refractivity contribution < 1.29 is 13.2 Å². The van der Waals surface area contributed by atoms with Crippen molar-refractivity contribution in [3.05, 3.63) is 42.4 Å². The Hall–Kier alpha value is -2.82. The second-order valence-corrected chi connectivity index (χ2v) is 11.6.